The van der Waals surface area contributed by atoms with E-state index in [1.807, 2.05) is 0 Å². The highest BCUT2D eigenvalue weighted by Gasteiger charge is 2.29. The quantitative estimate of drug-likeness (QED) is 0.782. The van der Waals surface area contributed by atoms with Gasteiger partial charge in [-0.15, -0.1) is 0 Å². The molecule has 1 aliphatic carbocycles. The van der Waals surface area contributed by atoms with Crippen LogP contribution in [0, 0.1) is 0 Å². The number of methoxy groups -OCH3 is 1. The number of aromatic amines is 1. The summed E-state index contributed by atoms with van der Waals surface area (Å²) in [6.07, 6.45) is 4.51. The van der Waals surface area contributed by atoms with Crippen LogP contribution in [0.25, 0.3) is 0 Å². The number of ether oxygens (including phenoxy) is 1. The SMILES string of the molecule is COC1CCc2[nH]nc(N3CCC(N)C3)c2C1. The van der Waals surface area contributed by atoms with Gasteiger partial charge in [0.1, 0.15) is 0 Å². The van der Waals surface area contributed by atoms with E-state index in [0.29, 0.717) is 12.1 Å². The minimum atomic E-state index is 0.296. The Balaban J connectivity index is 1.84. The number of hydrogen-bond acceptors (Lipinski definition) is 4. The van der Waals surface area contributed by atoms with Crippen molar-refractivity contribution in [2.24, 2.45) is 5.73 Å². The molecule has 2 heterocycles. The van der Waals surface area contributed by atoms with E-state index in [0.717, 1.165) is 44.6 Å². The van der Waals surface area contributed by atoms with Crippen LogP contribution in [-0.2, 0) is 17.6 Å². The Morgan fingerprint density at radius 2 is 2.35 bits per heavy atom. The van der Waals surface area contributed by atoms with Gasteiger partial charge in [0.2, 0.25) is 0 Å². The standard InChI is InChI=1S/C12H20N4O/c1-17-9-2-3-11-10(6-9)12(15-14-11)16-5-4-8(13)7-16/h8-9H,2-7,13H2,1H3,(H,14,15). The monoisotopic (exact) mass is 236 g/mol. The van der Waals surface area contributed by atoms with Crippen molar-refractivity contribution in [3.8, 4) is 0 Å². The highest BCUT2D eigenvalue weighted by atomic mass is 16.5. The predicted octanol–water partition coefficient (Wildman–Crippen LogP) is 0.451. The molecule has 1 aliphatic heterocycles. The summed E-state index contributed by atoms with van der Waals surface area (Å²) in [7, 11) is 1.79. The first kappa shape index (κ1) is 11.0. The summed E-state index contributed by atoms with van der Waals surface area (Å²) in [6, 6.07) is 0.296. The van der Waals surface area contributed by atoms with E-state index in [1.54, 1.807) is 7.11 Å². The molecule has 1 aromatic heterocycles. The number of H-pyrrole nitrogens is 1. The van der Waals surface area contributed by atoms with Gasteiger partial charge in [0.15, 0.2) is 5.82 Å². The van der Waals surface area contributed by atoms with Crippen LogP contribution in [0.15, 0.2) is 0 Å². The van der Waals surface area contributed by atoms with Crippen LogP contribution >= 0.6 is 0 Å². The normalized spacial score (nSPS) is 28.5. The molecule has 3 rings (SSSR count). The summed E-state index contributed by atoms with van der Waals surface area (Å²) >= 11 is 0. The maximum Gasteiger partial charge on any atom is 0.154 e. The van der Waals surface area contributed by atoms with Crippen LogP contribution in [0.5, 0.6) is 0 Å². The summed E-state index contributed by atoms with van der Waals surface area (Å²) in [5, 5.41) is 7.65. The Bertz CT molecular complexity index is 403. The number of nitrogens with zero attached hydrogens (tertiary/aromatic N) is 2. The maximum atomic E-state index is 5.96. The molecule has 1 aromatic rings. The van der Waals surface area contributed by atoms with E-state index in [2.05, 4.69) is 15.1 Å². The van der Waals surface area contributed by atoms with Crippen molar-refractivity contribution in [1.82, 2.24) is 10.2 Å². The number of anilines is 1. The Labute approximate surface area is 101 Å². The number of aryl methyl sites for hydroxylation is 1. The number of nitrogens with one attached hydrogen (secondary N) is 1. The van der Waals surface area contributed by atoms with Crippen molar-refractivity contribution in [2.75, 3.05) is 25.1 Å². The molecule has 0 aromatic carbocycles. The predicted molar refractivity (Wildman–Crippen MR) is 66.2 cm³/mol. The number of nitrogens with two attached hydrogens (primary N) is 1. The first-order valence-electron chi connectivity index (χ1n) is 6.37. The van der Waals surface area contributed by atoms with Crippen molar-refractivity contribution in [3.63, 3.8) is 0 Å². The topological polar surface area (TPSA) is 67.2 Å². The van der Waals surface area contributed by atoms with E-state index in [1.165, 1.54) is 11.3 Å². The molecule has 0 spiro atoms. The van der Waals surface area contributed by atoms with Gasteiger partial charge in [0.05, 0.1) is 6.10 Å². The van der Waals surface area contributed by atoms with E-state index in [-0.39, 0.29) is 0 Å². The largest absolute Gasteiger partial charge is 0.381 e. The zero-order chi connectivity index (χ0) is 11.8. The van der Waals surface area contributed by atoms with Gasteiger partial charge in [0, 0.05) is 43.9 Å². The molecule has 5 heteroatoms. The molecule has 94 valence electrons. The van der Waals surface area contributed by atoms with Crippen LogP contribution in [-0.4, -0.2) is 42.5 Å². The lowest BCUT2D eigenvalue weighted by atomic mass is 9.94. The molecule has 2 unspecified atom stereocenters. The molecule has 0 saturated carbocycles. The zero-order valence-corrected chi connectivity index (χ0v) is 10.3. The third kappa shape index (κ3) is 1.93. The van der Waals surface area contributed by atoms with Gasteiger partial charge in [-0.2, -0.15) is 5.10 Å². The first-order chi connectivity index (χ1) is 8.28. The number of aromatic nitrogens is 2. The Hall–Kier alpha value is -1.07. The minimum absolute atomic E-state index is 0.296. The Kier molecular flexibility index (Phi) is 2.80. The van der Waals surface area contributed by atoms with Crippen molar-refractivity contribution in [3.05, 3.63) is 11.3 Å². The van der Waals surface area contributed by atoms with Gasteiger partial charge in [-0.3, -0.25) is 5.10 Å². The lowest BCUT2D eigenvalue weighted by Crippen LogP contribution is -2.28. The molecule has 0 amide bonds. The summed E-state index contributed by atoms with van der Waals surface area (Å²) in [5.74, 6) is 1.11. The van der Waals surface area contributed by atoms with Gasteiger partial charge >= 0.3 is 0 Å². The maximum absolute atomic E-state index is 5.96. The number of hydrogen-bond donors (Lipinski definition) is 2. The Morgan fingerprint density at radius 1 is 1.47 bits per heavy atom. The van der Waals surface area contributed by atoms with Gasteiger partial charge in [0.25, 0.3) is 0 Å². The summed E-state index contributed by atoms with van der Waals surface area (Å²) in [6.45, 7) is 1.95. The van der Waals surface area contributed by atoms with Crippen LogP contribution in [0.1, 0.15) is 24.1 Å². The summed E-state index contributed by atoms with van der Waals surface area (Å²) < 4.78 is 5.47. The fourth-order valence-corrected chi connectivity index (χ4v) is 2.89. The molecule has 1 fully saturated rings. The highest BCUT2D eigenvalue weighted by Crippen LogP contribution is 2.30. The number of fused-ring (bicyclic) bond motifs is 1. The second kappa shape index (κ2) is 4.31. The van der Waals surface area contributed by atoms with Crippen molar-refractivity contribution in [2.45, 2.75) is 37.8 Å². The van der Waals surface area contributed by atoms with Gasteiger partial charge in [-0.1, -0.05) is 0 Å². The van der Waals surface area contributed by atoms with Crippen molar-refractivity contribution < 1.29 is 4.74 Å². The van der Waals surface area contributed by atoms with Gasteiger partial charge < -0.3 is 15.4 Å². The van der Waals surface area contributed by atoms with E-state index in [9.17, 15) is 0 Å². The van der Waals surface area contributed by atoms with E-state index >= 15 is 0 Å². The number of rotatable bonds is 2. The third-order valence-electron chi connectivity index (χ3n) is 3.94. The van der Waals surface area contributed by atoms with Gasteiger partial charge in [-0.25, -0.2) is 0 Å². The lowest BCUT2D eigenvalue weighted by molar-refractivity contribution is 0.0909. The molecule has 0 radical (unpaired) electrons. The van der Waals surface area contributed by atoms with Crippen LogP contribution < -0.4 is 10.6 Å². The third-order valence-corrected chi connectivity index (χ3v) is 3.94. The summed E-state index contributed by atoms with van der Waals surface area (Å²) in [4.78, 5) is 2.30. The van der Waals surface area contributed by atoms with Crippen LogP contribution in [0.3, 0.4) is 0 Å². The molecule has 3 N–H and O–H groups in total. The average molecular weight is 236 g/mol. The van der Waals surface area contributed by atoms with Crippen molar-refractivity contribution >= 4 is 5.82 Å². The fourth-order valence-electron chi connectivity index (χ4n) is 2.89. The molecule has 1 saturated heterocycles. The second-order valence-corrected chi connectivity index (χ2v) is 5.10. The molecular weight excluding hydrogens is 216 g/mol. The first-order valence-corrected chi connectivity index (χ1v) is 6.37. The molecule has 17 heavy (non-hydrogen) atoms. The molecule has 0 bridgehead atoms. The van der Waals surface area contributed by atoms with Gasteiger partial charge in [-0.05, 0) is 19.3 Å². The summed E-state index contributed by atoms with van der Waals surface area (Å²) in [5.41, 5.74) is 8.59. The lowest BCUT2D eigenvalue weighted by Gasteiger charge is -2.23. The minimum Gasteiger partial charge on any atom is -0.381 e. The Morgan fingerprint density at radius 3 is 3.06 bits per heavy atom. The molecule has 2 aliphatic rings. The van der Waals surface area contributed by atoms with Crippen LogP contribution in [0.4, 0.5) is 5.82 Å². The zero-order valence-electron chi connectivity index (χ0n) is 10.3. The second-order valence-electron chi connectivity index (χ2n) is 5.10. The van der Waals surface area contributed by atoms with Crippen LogP contribution in [0.2, 0.25) is 0 Å². The highest BCUT2D eigenvalue weighted by molar-refractivity contribution is 5.51. The average Bonchev–Trinajstić information content (AvgIpc) is 2.93. The molecule has 5 nitrogen and oxygen atoms in total. The van der Waals surface area contributed by atoms with Crippen molar-refractivity contribution in [1.29, 1.82) is 0 Å². The molecule has 2 atom stereocenters. The smallest absolute Gasteiger partial charge is 0.154 e. The van der Waals surface area contributed by atoms with E-state index in [4.69, 9.17) is 10.5 Å². The molecular formula is C12H20N4O. The van der Waals surface area contributed by atoms with E-state index < -0.39 is 0 Å². The fraction of sp³-hybridized carbons (Fsp3) is 0.750.